The van der Waals surface area contributed by atoms with E-state index >= 15 is 0 Å². The van der Waals surface area contributed by atoms with Gasteiger partial charge in [-0.2, -0.15) is 0 Å². The van der Waals surface area contributed by atoms with E-state index in [2.05, 4.69) is 32.6 Å². The quantitative estimate of drug-likeness (QED) is 0.0334. The van der Waals surface area contributed by atoms with Gasteiger partial charge in [0.25, 0.3) is 0 Å². The van der Waals surface area contributed by atoms with E-state index in [9.17, 15) is 19.2 Å². The van der Waals surface area contributed by atoms with E-state index in [-0.39, 0.29) is 54.8 Å². The molecule has 0 bridgehead atoms. The first-order valence-electron chi connectivity index (χ1n) is 29.1. The van der Waals surface area contributed by atoms with Gasteiger partial charge in [0.1, 0.15) is 18.3 Å². The van der Waals surface area contributed by atoms with E-state index in [4.69, 9.17) is 18.9 Å². The Bertz CT molecular complexity index is 1080. The maximum absolute atomic E-state index is 13.8. The number of rotatable bonds is 50. The molecule has 0 fully saturated rings. The van der Waals surface area contributed by atoms with Gasteiger partial charge in [-0.25, -0.2) is 4.79 Å². The van der Waals surface area contributed by atoms with Crippen LogP contribution >= 0.6 is 0 Å². The summed E-state index contributed by atoms with van der Waals surface area (Å²) in [6.07, 6.45) is 39.5. The molecule has 0 atom stereocenters. The number of hydrogen-bond acceptors (Lipinski definition) is 9. The SMILES string of the molecule is CCCCCCC(CCCCCC)OC(=O)CCCCCCCCC(CCCCCCCCC(=O)OC(CCCCCC)CCCCCC)OC(=O)N(CCCC(=O)OC(C)C)CCCN(C)C. The summed E-state index contributed by atoms with van der Waals surface area (Å²) in [6, 6.07) is 0. The second-order valence-corrected chi connectivity index (χ2v) is 20.7. The molecular weight excluding hydrogens is 853 g/mol. The van der Waals surface area contributed by atoms with E-state index in [0.29, 0.717) is 32.4 Å². The van der Waals surface area contributed by atoms with E-state index in [1.807, 2.05) is 27.9 Å². The standard InChI is InChI=1S/C58H112N2O8/c1-9-13-17-29-39-52(40-30-18-14-10-2)66-56(62)45-35-27-23-21-25-33-43-54(68-58(64)60(50-38-48-59(7)8)49-37-47-55(61)65-51(5)6)44-34-26-22-24-28-36-46-57(63)67-53(41-31-19-15-11-3)42-32-20-16-12-4/h51-54H,9-50H2,1-8H3. The Morgan fingerprint density at radius 3 is 0.985 bits per heavy atom. The van der Waals surface area contributed by atoms with Crippen LogP contribution in [0.2, 0.25) is 0 Å². The fourth-order valence-electron chi connectivity index (χ4n) is 8.99. The summed E-state index contributed by atoms with van der Waals surface area (Å²) in [6.45, 7) is 14.5. The minimum atomic E-state index is -0.280. The van der Waals surface area contributed by atoms with Crippen molar-refractivity contribution in [2.75, 3.05) is 33.7 Å². The molecule has 0 saturated carbocycles. The largest absolute Gasteiger partial charge is 0.463 e. The molecular formula is C58H112N2O8. The zero-order valence-corrected chi connectivity index (χ0v) is 46.2. The first-order valence-corrected chi connectivity index (χ1v) is 29.1. The summed E-state index contributed by atoms with van der Waals surface area (Å²) in [4.78, 5) is 55.5. The Balaban J connectivity index is 5.10. The minimum absolute atomic E-state index is 0.0260. The zero-order valence-electron chi connectivity index (χ0n) is 46.2. The molecule has 0 heterocycles. The van der Waals surface area contributed by atoms with Crippen LogP contribution in [0.1, 0.15) is 292 Å². The number of hydrogen-bond donors (Lipinski definition) is 0. The van der Waals surface area contributed by atoms with E-state index in [1.54, 1.807) is 4.90 Å². The highest BCUT2D eigenvalue weighted by Gasteiger charge is 2.21. The fourth-order valence-corrected chi connectivity index (χ4v) is 8.99. The van der Waals surface area contributed by atoms with Gasteiger partial charge in [-0.3, -0.25) is 14.4 Å². The van der Waals surface area contributed by atoms with Crippen LogP contribution in [0.5, 0.6) is 0 Å². The predicted molar refractivity (Wildman–Crippen MR) is 284 cm³/mol. The Morgan fingerprint density at radius 1 is 0.338 bits per heavy atom. The lowest BCUT2D eigenvalue weighted by Crippen LogP contribution is -2.37. The van der Waals surface area contributed by atoms with Gasteiger partial charge in [-0.05, 0) is 137 Å². The molecule has 402 valence electrons. The molecule has 0 spiro atoms. The van der Waals surface area contributed by atoms with Gasteiger partial charge in [0.05, 0.1) is 6.10 Å². The molecule has 0 rings (SSSR count). The van der Waals surface area contributed by atoms with Crippen LogP contribution in [-0.4, -0.2) is 91.9 Å². The van der Waals surface area contributed by atoms with Gasteiger partial charge >= 0.3 is 24.0 Å². The molecule has 1 amide bonds. The summed E-state index contributed by atoms with van der Waals surface area (Å²) in [5, 5.41) is 0. The average molecular weight is 966 g/mol. The van der Waals surface area contributed by atoms with Crippen LogP contribution < -0.4 is 0 Å². The van der Waals surface area contributed by atoms with Crippen LogP contribution in [0.4, 0.5) is 4.79 Å². The van der Waals surface area contributed by atoms with Crippen LogP contribution in [0.3, 0.4) is 0 Å². The third-order valence-electron chi connectivity index (χ3n) is 13.2. The summed E-state index contributed by atoms with van der Waals surface area (Å²) < 4.78 is 23.6. The van der Waals surface area contributed by atoms with E-state index < -0.39 is 0 Å². The highest BCUT2D eigenvalue weighted by atomic mass is 16.6. The molecule has 10 nitrogen and oxygen atoms in total. The summed E-state index contributed by atoms with van der Waals surface area (Å²) in [5.74, 6) is -0.284. The van der Waals surface area contributed by atoms with Crippen molar-refractivity contribution in [1.29, 1.82) is 0 Å². The van der Waals surface area contributed by atoms with Crippen LogP contribution in [-0.2, 0) is 33.3 Å². The Kier molecular flexibility index (Phi) is 46.6. The van der Waals surface area contributed by atoms with Gasteiger partial charge in [0, 0.05) is 32.4 Å². The van der Waals surface area contributed by atoms with Gasteiger partial charge in [-0.1, -0.05) is 156 Å². The third-order valence-corrected chi connectivity index (χ3v) is 13.2. The maximum atomic E-state index is 13.8. The van der Waals surface area contributed by atoms with Crippen molar-refractivity contribution in [2.24, 2.45) is 0 Å². The van der Waals surface area contributed by atoms with Gasteiger partial charge < -0.3 is 28.7 Å². The highest BCUT2D eigenvalue weighted by molar-refractivity contribution is 5.70. The van der Waals surface area contributed by atoms with Crippen molar-refractivity contribution in [3.63, 3.8) is 0 Å². The maximum Gasteiger partial charge on any atom is 0.410 e. The molecule has 0 aliphatic carbocycles. The number of unbranched alkanes of at least 4 members (excludes halogenated alkanes) is 22. The van der Waals surface area contributed by atoms with Crippen molar-refractivity contribution in [3.05, 3.63) is 0 Å². The molecule has 0 N–H and O–H groups in total. The Hall–Kier alpha value is -2.36. The second kappa shape index (κ2) is 48.3. The lowest BCUT2D eigenvalue weighted by atomic mass is 10.0. The van der Waals surface area contributed by atoms with Gasteiger partial charge in [0.15, 0.2) is 0 Å². The summed E-state index contributed by atoms with van der Waals surface area (Å²) in [5.41, 5.74) is 0. The number of esters is 3. The van der Waals surface area contributed by atoms with Crippen molar-refractivity contribution in [3.8, 4) is 0 Å². The summed E-state index contributed by atoms with van der Waals surface area (Å²) in [7, 11) is 4.07. The molecule has 0 aliphatic heterocycles. The van der Waals surface area contributed by atoms with Crippen molar-refractivity contribution >= 4 is 24.0 Å². The van der Waals surface area contributed by atoms with Gasteiger partial charge in [0.2, 0.25) is 0 Å². The number of carbonyl (C=O) groups is 4. The Morgan fingerprint density at radius 2 is 0.632 bits per heavy atom. The minimum Gasteiger partial charge on any atom is -0.463 e. The molecule has 0 aromatic carbocycles. The van der Waals surface area contributed by atoms with Crippen LogP contribution in [0, 0.1) is 0 Å². The predicted octanol–water partition coefficient (Wildman–Crippen LogP) is 16.4. The number of amides is 1. The van der Waals surface area contributed by atoms with Crippen molar-refractivity contribution in [2.45, 2.75) is 316 Å². The van der Waals surface area contributed by atoms with Crippen molar-refractivity contribution < 1.29 is 38.1 Å². The molecule has 0 aliphatic rings. The fraction of sp³-hybridized carbons (Fsp3) is 0.931. The highest BCUT2D eigenvalue weighted by Crippen LogP contribution is 2.22. The molecule has 10 heteroatoms. The lowest BCUT2D eigenvalue weighted by molar-refractivity contribution is -0.151. The number of nitrogens with zero attached hydrogens (tertiary/aromatic N) is 2. The normalized spacial score (nSPS) is 11.7. The monoisotopic (exact) mass is 965 g/mol. The smallest absolute Gasteiger partial charge is 0.410 e. The molecule has 0 saturated heterocycles. The van der Waals surface area contributed by atoms with Gasteiger partial charge in [-0.15, -0.1) is 0 Å². The third kappa shape index (κ3) is 43.6. The molecule has 0 radical (unpaired) electrons. The van der Waals surface area contributed by atoms with Crippen LogP contribution in [0.25, 0.3) is 0 Å². The number of ether oxygens (including phenoxy) is 4. The average Bonchev–Trinajstić information content (AvgIpc) is 3.29. The van der Waals surface area contributed by atoms with E-state index in [1.165, 1.54) is 77.0 Å². The zero-order chi connectivity index (χ0) is 50.3. The number of carbonyl (C=O) groups excluding carboxylic acids is 4. The topological polar surface area (TPSA) is 112 Å². The van der Waals surface area contributed by atoms with E-state index in [0.717, 1.165) is 154 Å². The second-order valence-electron chi connectivity index (χ2n) is 20.7. The van der Waals surface area contributed by atoms with Crippen LogP contribution in [0.15, 0.2) is 0 Å². The molecule has 0 aromatic heterocycles. The van der Waals surface area contributed by atoms with Crippen molar-refractivity contribution in [1.82, 2.24) is 9.80 Å². The first kappa shape index (κ1) is 65.6. The summed E-state index contributed by atoms with van der Waals surface area (Å²) >= 11 is 0. The Labute approximate surface area is 420 Å². The molecule has 0 unspecified atom stereocenters. The lowest BCUT2D eigenvalue weighted by Gasteiger charge is -2.26. The molecule has 68 heavy (non-hydrogen) atoms. The first-order chi connectivity index (χ1) is 32.9. The molecule has 0 aromatic rings.